The summed E-state index contributed by atoms with van der Waals surface area (Å²) in [6.07, 6.45) is 3.78. The highest BCUT2D eigenvalue weighted by molar-refractivity contribution is 5.79. The summed E-state index contributed by atoms with van der Waals surface area (Å²) in [6, 6.07) is 0. The van der Waals surface area contributed by atoms with Crippen molar-refractivity contribution in [2.45, 2.75) is 32.6 Å². The highest BCUT2D eigenvalue weighted by Crippen LogP contribution is 2.21. The fourth-order valence-corrected chi connectivity index (χ4v) is 1.54. The van der Waals surface area contributed by atoms with E-state index in [0.29, 0.717) is 11.7 Å². The molecule has 0 aromatic rings. The van der Waals surface area contributed by atoms with Crippen molar-refractivity contribution in [3.05, 3.63) is 0 Å². The SMILES string of the molecule is CCOCC1CCCC(=O)C1. The Morgan fingerprint density at radius 3 is 3.09 bits per heavy atom. The van der Waals surface area contributed by atoms with Gasteiger partial charge >= 0.3 is 0 Å². The summed E-state index contributed by atoms with van der Waals surface area (Å²) >= 11 is 0. The average molecular weight is 156 g/mol. The van der Waals surface area contributed by atoms with Gasteiger partial charge in [-0.3, -0.25) is 4.79 Å². The van der Waals surface area contributed by atoms with E-state index in [1.54, 1.807) is 0 Å². The molecule has 1 rings (SSSR count). The second kappa shape index (κ2) is 4.50. The van der Waals surface area contributed by atoms with E-state index in [1.807, 2.05) is 6.92 Å². The van der Waals surface area contributed by atoms with Crippen molar-refractivity contribution in [1.29, 1.82) is 0 Å². The second-order valence-corrected chi connectivity index (χ2v) is 3.16. The van der Waals surface area contributed by atoms with E-state index in [-0.39, 0.29) is 0 Å². The van der Waals surface area contributed by atoms with E-state index in [4.69, 9.17) is 4.74 Å². The third kappa shape index (κ3) is 3.02. The summed E-state index contributed by atoms with van der Waals surface area (Å²) in [5, 5.41) is 0. The molecule has 1 atom stereocenters. The minimum atomic E-state index is 0.418. The molecule has 0 N–H and O–H groups in total. The maximum Gasteiger partial charge on any atom is 0.133 e. The fourth-order valence-electron chi connectivity index (χ4n) is 1.54. The monoisotopic (exact) mass is 156 g/mol. The molecule has 2 nitrogen and oxygen atoms in total. The zero-order valence-corrected chi connectivity index (χ0v) is 7.14. The van der Waals surface area contributed by atoms with Crippen LogP contribution in [0.25, 0.3) is 0 Å². The molecule has 0 saturated heterocycles. The van der Waals surface area contributed by atoms with Gasteiger partial charge in [0.25, 0.3) is 0 Å². The Balaban J connectivity index is 2.17. The van der Waals surface area contributed by atoms with Crippen molar-refractivity contribution in [2.24, 2.45) is 5.92 Å². The van der Waals surface area contributed by atoms with Crippen LogP contribution in [0, 0.1) is 5.92 Å². The zero-order valence-electron chi connectivity index (χ0n) is 7.14. The Hall–Kier alpha value is -0.370. The number of hydrogen-bond donors (Lipinski definition) is 0. The van der Waals surface area contributed by atoms with Gasteiger partial charge in [0.1, 0.15) is 5.78 Å². The van der Waals surface area contributed by atoms with Gasteiger partial charge in [0.15, 0.2) is 0 Å². The molecule has 0 radical (unpaired) electrons. The molecule has 0 spiro atoms. The van der Waals surface area contributed by atoms with Gasteiger partial charge in [0, 0.05) is 26.1 Å². The standard InChI is InChI=1S/C9H16O2/c1-2-11-7-8-4-3-5-9(10)6-8/h8H,2-7H2,1H3. The normalized spacial score (nSPS) is 25.5. The van der Waals surface area contributed by atoms with Gasteiger partial charge in [0.05, 0.1) is 0 Å². The highest BCUT2D eigenvalue weighted by atomic mass is 16.5. The summed E-state index contributed by atoms with van der Waals surface area (Å²) in [5.74, 6) is 0.928. The van der Waals surface area contributed by atoms with E-state index in [2.05, 4.69) is 0 Å². The molecule has 11 heavy (non-hydrogen) atoms. The largest absolute Gasteiger partial charge is 0.381 e. The lowest BCUT2D eigenvalue weighted by molar-refractivity contribution is -0.122. The molecular weight excluding hydrogens is 140 g/mol. The van der Waals surface area contributed by atoms with E-state index in [1.165, 1.54) is 6.42 Å². The van der Waals surface area contributed by atoms with E-state index < -0.39 is 0 Å². The molecule has 1 fully saturated rings. The van der Waals surface area contributed by atoms with Crippen molar-refractivity contribution in [3.63, 3.8) is 0 Å². The highest BCUT2D eigenvalue weighted by Gasteiger charge is 2.18. The Kier molecular flexibility index (Phi) is 3.57. The quantitative estimate of drug-likeness (QED) is 0.622. The van der Waals surface area contributed by atoms with Gasteiger partial charge in [-0.05, 0) is 25.7 Å². The van der Waals surface area contributed by atoms with Crippen LogP contribution in [-0.2, 0) is 9.53 Å². The van der Waals surface area contributed by atoms with Crippen LogP contribution in [0.3, 0.4) is 0 Å². The Morgan fingerprint density at radius 1 is 1.64 bits per heavy atom. The van der Waals surface area contributed by atoms with Crippen molar-refractivity contribution in [3.8, 4) is 0 Å². The Labute approximate surface area is 67.9 Å². The van der Waals surface area contributed by atoms with Gasteiger partial charge in [-0.1, -0.05) is 0 Å². The number of carbonyl (C=O) groups excluding carboxylic acids is 1. The maximum absolute atomic E-state index is 11.0. The van der Waals surface area contributed by atoms with E-state index in [9.17, 15) is 4.79 Å². The van der Waals surface area contributed by atoms with Gasteiger partial charge in [-0.15, -0.1) is 0 Å². The van der Waals surface area contributed by atoms with Crippen molar-refractivity contribution >= 4 is 5.78 Å². The minimum Gasteiger partial charge on any atom is -0.381 e. The molecule has 0 aliphatic heterocycles. The number of ketones is 1. The third-order valence-corrected chi connectivity index (χ3v) is 2.14. The first kappa shape index (κ1) is 8.72. The van der Waals surface area contributed by atoms with Gasteiger partial charge in [0.2, 0.25) is 0 Å². The molecule has 0 aromatic carbocycles. The van der Waals surface area contributed by atoms with E-state index >= 15 is 0 Å². The van der Waals surface area contributed by atoms with Crippen LogP contribution in [0.4, 0.5) is 0 Å². The van der Waals surface area contributed by atoms with Crippen LogP contribution in [-0.4, -0.2) is 19.0 Å². The third-order valence-electron chi connectivity index (χ3n) is 2.14. The van der Waals surface area contributed by atoms with Crippen LogP contribution < -0.4 is 0 Å². The summed E-state index contributed by atoms with van der Waals surface area (Å²) in [5.41, 5.74) is 0. The topological polar surface area (TPSA) is 26.3 Å². The second-order valence-electron chi connectivity index (χ2n) is 3.16. The average Bonchev–Trinajstić information content (AvgIpc) is 2.01. The smallest absolute Gasteiger partial charge is 0.133 e. The van der Waals surface area contributed by atoms with Crippen molar-refractivity contribution in [1.82, 2.24) is 0 Å². The molecule has 2 heteroatoms. The van der Waals surface area contributed by atoms with Gasteiger partial charge in [-0.2, -0.15) is 0 Å². The lowest BCUT2D eigenvalue weighted by Crippen LogP contribution is -2.19. The number of rotatable bonds is 3. The summed E-state index contributed by atoms with van der Waals surface area (Å²) in [6.45, 7) is 3.54. The zero-order chi connectivity index (χ0) is 8.10. The van der Waals surface area contributed by atoms with Crippen LogP contribution in [0.2, 0.25) is 0 Å². The van der Waals surface area contributed by atoms with Crippen LogP contribution in [0.1, 0.15) is 32.6 Å². The molecular formula is C9H16O2. The molecule has 1 saturated carbocycles. The molecule has 1 unspecified atom stereocenters. The lowest BCUT2D eigenvalue weighted by atomic mass is 9.89. The summed E-state index contributed by atoms with van der Waals surface area (Å²) < 4.78 is 5.27. The minimum absolute atomic E-state index is 0.418. The predicted octanol–water partition coefficient (Wildman–Crippen LogP) is 1.78. The fraction of sp³-hybridized carbons (Fsp3) is 0.889. The Bertz CT molecular complexity index is 132. The molecule has 1 aliphatic carbocycles. The van der Waals surface area contributed by atoms with E-state index in [0.717, 1.165) is 32.5 Å². The molecule has 0 aromatic heterocycles. The number of Topliss-reactive ketones (excluding diaryl/α,β-unsaturated/α-hetero) is 1. The van der Waals surface area contributed by atoms with Crippen molar-refractivity contribution < 1.29 is 9.53 Å². The summed E-state index contributed by atoms with van der Waals surface area (Å²) in [7, 11) is 0. The number of hydrogen-bond acceptors (Lipinski definition) is 2. The molecule has 1 aliphatic rings. The van der Waals surface area contributed by atoms with Crippen LogP contribution in [0.5, 0.6) is 0 Å². The lowest BCUT2D eigenvalue weighted by Gasteiger charge is -2.19. The first-order chi connectivity index (χ1) is 5.33. The Morgan fingerprint density at radius 2 is 2.45 bits per heavy atom. The molecule has 0 bridgehead atoms. The molecule has 0 amide bonds. The van der Waals surface area contributed by atoms with Gasteiger partial charge in [-0.25, -0.2) is 0 Å². The maximum atomic E-state index is 11.0. The van der Waals surface area contributed by atoms with Crippen LogP contribution in [0.15, 0.2) is 0 Å². The van der Waals surface area contributed by atoms with Crippen LogP contribution >= 0.6 is 0 Å². The van der Waals surface area contributed by atoms with Crippen molar-refractivity contribution in [2.75, 3.05) is 13.2 Å². The number of ether oxygens (including phenoxy) is 1. The molecule has 0 heterocycles. The molecule has 64 valence electrons. The number of carbonyl (C=O) groups is 1. The van der Waals surface area contributed by atoms with Gasteiger partial charge < -0.3 is 4.74 Å². The predicted molar refractivity (Wildman–Crippen MR) is 43.5 cm³/mol. The summed E-state index contributed by atoms with van der Waals surface area (Å²) in [4.78, 5) is 11.0. The first-order valence-electron chi connectivity index (χ1n) is 4.42. The first-order valence-corrected chi connectivity index (χ1v) is 4.42.